The second-order valence-corrected chi connectivity index (χ2v) is 6.32. The fourth-order valence-corrected chi connectivity index (χ4v) is 2.90. The van der Waals surface area contributed by atoms with Crippen LogP contribution in [0.25, 0.3) is 0 Å². The third-order valence-electron chi connectivity index (χ3n) is 3.30. The van der Waals surface area contributed by atoms with Gasteiger partial charge in [-0.2, -0.15) is 8.42 Å². The van der Waals surface area contributed by atoms with Crippen molar-refractivity contribution in [3.63, 3.8) is 0 Å². The van der Waals surface area contributed by atoms with E-state index in [2.05, 4.69) is 0 Å². The molecular formula is C13H16FNO4S. The molecule has 1 saturated heterocycles. The molecule has 0 unspecified atom stereocenters. The monoisotopic (exact) mass is 301 g/mol. The minimum Gasteiger partial charge on any atom is -0.445 e. The number of amides is 1. The van der Waals surface area contributed by atoms with Gasteiger partial charge >= 0.3 is 16.3 Å². The molecule has 0 aromatic heterocycles. The first kappa shape index (κ1) is 14.8. The van der Waals surface area contributed by atoms with Crippen molar-refractivity contribution >= 4 is 16.3 Å². The van der Waals surface area contributed by atoms with Crippen molar-refractivity contribution in [3.05, 3.63) is 35.9 Å². The Morgan fingerprint density at radius 1 is 1.25 bits per heavy atom. The molecule has 7 heteroatoms. The van der Waals surface area contributed by atoms with Crippen molar-refractivity contribution in [1.82, 2.24) is 4.90 Å². The number of rotatable bonds is 3. The number of ether oxygens (including phenoxy) is 1. The van der Waals surface area contributed by atoms with E-state index in [0.717, 1.165) is 5.56 Å². The lowest BCUT2D eigenvalue weighted by Crippen LogP contribution is -2.41. The van der Waals surface area contributed by atoms with Crippen LogP contribution in [-0.4, -0.2) is 37.8 Å². The van der Waals surface area contributed by atoms with Gasteiger partial charge in [0.15, 0.2) is 0 Å². The number of likely N-dealkylation sites (tertiary alicyclic amines) is 1. The van der Waals surface area contributed by atoms with Crippen LogP contribution in [-0.2, 0) is 21.6 Å². The van der Waals surface area contributed by atoms with Gasteiger partial charge in [0.25, 0.3) is 0 Å². The zero-order valence-electron chi connectivity index (χ0n) is 10.9. The van der Waals surface area contributed by atoms with Crippen LogP contribution in [0.2, 0.25) is 0 Å². The van der Waals surface area contributed by atoms with Gasteiger partial charge in [0.2, 0.25) is 0 Å². The maximum Gasteiger partial charge on any atom is 0.410 e. The summed E-state index contributed by atoms with van der Waals surface area (Å²) in [6, 6.07) is 9.25. The summed E-state index contributed by atoms with van der Waals surface area (Å²) in [6.07, 6.45) is -0.276. The Bertz CT molecular complexity index is 553. The molecule has 20 heavy (non-hydrogen) atoms. The Morgan fingerprint density at radius 3 is 2.40 bits per heavy atom. The van der Waals surface area contributed by atoms with Gasteiger partial charge in [-0.15, -0.1) is 3.89 Å². The molecule has 5 nitrogen and oxygen atoms in total. The Labute approximate surface area is 117 Å². The minimum atomic E-state index is -4.51. The topological polar surface area (TPSA) is 63.7 Å². The first-order valence-corrected chi connectivity index (χ1v) is 7.80. The summed E-state index contributed by atoms with van der Waals surface area (Å²) >= 11 is 0. The lowest BCUT2D eigenvalue weighted by molar-refractivity contribution is 0.0896. The number of nitrogens with zero attached hydrogens (tertiary/aromatic N) is 1. The normalized spacial score (nSPS) is 16.9. The molecule has 0 saturated carbocycles. The van der Waals surface area contributed by atoms with E-state index in [-0.39, 0.29) is 32.5 Å². The standard InChI is InChI=1S/C13H16FNO4S/c14-20(17,18)12-6-8-15(9-7-12)13(16)19-10-11-4-2-1-3-5-11/h1-5,12H,6-10H2. The lowest BCUT2D eigenvalue weighted by Gasteiger charge is -2.29. The molecule has 0 atom stereocenters. The summed E-state index contributed by atoms with van der Waals surface area (Å²) in [6.45, 7) is 0.559. The van der Waals surface area contributed by atoms with Crippen LogP contribution in [0.4, 0.5) is 8.68 Å². The van der Waals surface area contributed by atoms with Crippen molar-refractivity contribution in [2.75, 3.05) is 13.1 Å². The van der Waals surface area contributed by atoms with E-state index < -0.39 is 21.6 Å². The summed E-state index contributed by atoms with van der Waals surface area (Å²) in [7, 11) is -4.51. The van der Waals surface area contributed by atoms with Crippen LogP contribution >= 0.6 is 0 Å². The molecule has 0 spiro atoms. The fraction of sp³-hybridized carbons (Fsp3) is 0.462. The van der Waals surface area contributed by atoms with Gasteiger partial charge in [-0.3, -0.25) is 0 Å². The number of hydrogen-bond donors (Lipinski definition) is 0. The van der Waals surface area contributed by atoms with Gasteiger partial charge in [-0.05, 0) is 18.4 Å². The smallest absolute Gasteiger partial charge is 0.410 e. The number of halogens is 1. The number of piperidine rings is 1. The zero-order valence-corrected chi connectivity index (χ0v) is 11.7. The average molecular weight is 301 g/mol. The molecule has 1 aromatic carbocycles. The molecular weight excluding hydrogens is 285 g/mol. The summed E-state index contributed by atoms with van der Waals surface area (Å²) in [5.74, 6) is 0. The van der Waals surface area contributed by atoms with Crippen LogP contribution in [0.15, 0.2) is 30.3 Å². The molecule has 0 radical (unpaired) electrons. The largest absolute Gasteiger partial charge is 0.445 e. The van der Waals surface area contributed by atoms with Gasteiger partial charge in [0, 0.05) is 13.1 Å². The number of hydrogen-bond acceptors (Lipinski definition) is 4. The molecule has 1 fully saturated rings. The van der Waals surface area contributed by atoms with Crippen molar-refractivity contribution in [2.24, 2.45) is 0 Å². The van der Waals surface area contributed by atoms with E-state index in [1.807, 2.05) is 30.3 Å². The highest BCUT2D eigenvalue weighted by Gasteiger charge is 2.31. The van der Waals surface area contributed by atoms with E-state index in [0.29, 0.717) is 0 Å². The highest BCUT2D eigenvalue weighted by atomic mass is 32.3. The summed E-state index contributed by atoms with van der Waals surface area (Å²) in [5, 5.41) is -0.999. The summed E-state index contributed by atoms with van der Waals surface area (Å²) < 4.78 is 39.5. The van der Waals surface area contributed by atoms with Crippen molar-refractivity contribution < 1.29 is 21.8 Å². The predicted octanol–water partition coefficient (Wildman–Crippen LogP) is 2.09. The fourth-order valence-electron chi connectivity index (χ4n) is 2.13. The summed E-state index contributed by atoms with van der Waals surface area (Å²) in [4.78, 5) is 13.2. The van der Waals surface area contributed by atoms with E-state index in [9.17, 15) is 17.1 Å². The minimum absolute atomic E-state index is 0.110. The van der Waals surface area contributed by atoms with E-state index in [1.165, 1.54) is 4.90 Å². The molecule has 1 amide bonds. The number of carbonyl (C=O) groups excluding carboxylic acids is 1. The third kappa shape index (κ3) is 3.93. The lowest BCUT2D eigenvalue weighted by atomic mass is 10.1. The quantitative estimate of drug-likeness (QED) is 0.802. The van der Waals surface area contributed by atoms with E-state index in [1.54, 1.807) is 0 Å². The van der Waals surface area contributed by atoms with Gasteiger partial charge in [0.05, 0.1) is 5.25 Å². The maximum atomic E-state index is 12.8. The summed E-state index contributed by atoms with van der Waals surface area (Å²) in [5.41, 5.74) is 0.877. The average Bonchev–Trinajstić information content (AvgIpc) is 2.45. The van der Waals surface area contributed by atoms with Crippen molar-refractivity contribution in [2.45, 2.75) is 24.7 Å². The first-order valence-electron chi connectivity index (χ1n) is 6.36. The number of carbonyl (C=O) groups is 1. The van der Waals surface area contributed by atoms with Gasteiger partial charge in [0.1, 0.15) is 6.61 Å². The van der Waals surface area contributed by atoms with Crippen LogP contribution in [0.1, 0.15) is 18.4 Å². The molecule has 2 rings (SSSR count). The molecule has 0 aliphatic carbocycles. The highest BCUT2D eigenvalue weighted by Crippen LogP contribution is 2.19. The second kappa shape index (κ2) is 6.21. The van der Waals surface area contributed by atoms with Crippen LogP contribution in [0, 0.1) is 0 Å². The Kier molecular flexibility index (Phi) is 4.59. The molecule has 0 bridgehead atoms. The van der Waals surface area contributed by atoms with Crippen molar-refractivity contribution in [3.8, 4) is 0 Å². The SMILES string of the molecule is O=C(OCc1ccccc1)N1CCC(S(=O)(=O)F)CC1. The van der Waals surface area contributed by atoms with Gasteiger partial charge in [-0.1, -0.05) is 30.3 Å². The maximum absolute atomic E-state index is 12.8. The van der Waals surface area contributed by atoms with E-state index in [4.69, 9.17) is 4.74 Å². The first-order chi connectivity index (χ1) is 9.47. The van der Waals surface area contributed by atoms with Crippen LogP contribution in [0.5, 0.6) is 0 Å². The molecule has 1 aliphatic rings. The van der Waals surface area contributed by atoms with Gasteiger partial charge < -0.3 is 9.64 Å². The van der Waals surface area contributed by atoms with Gasteiger partial charge in [-0.25, -0.2) is 4.79 Å². The second-order valence-electron chi connectivity index (χ2n) is 4.70. The molecule has 1 aromatic rings. The Hall–Kier alpha value is -1.63. The molecule has 1 heterocycles. The highest BCUT2D eigenvalue weighted by molar-refractivity contribution is 7.87. The Morgan fingerprint density at radius 2 is 1.85 bits per heavy atom. The zero-order chi connectivity index (χ0) is 14.6. The Balaban J connectivity index is 1.80. The van der Waals surface area contributed by atoms with Crippen LogP contribution < -0.4 is 0 Å². The predicted molar refractivity (Wildman–Crippen MR) is 71.2 cm³/mol. The van der Waals surface area contributed by atoms with Crippen molar-refractivity contribution in [1.29, 1.82) is 0 Å². The molecule has 1 aliphatic heterocycles. The molecule has 0 N–H and O–H groups in total. The number of benzene rings is 1. The molecule has 110 valence electrons. The van der Waals surface area contributed by atoms with Crippen LogP contribution in [0.3, 0.4) is 0 Å². The van der Waals surface area contributed by atoms with E-state index >= 15 is 0 Å². The third-order valence-corrected chi connectivity index (χ3v) is 4.57.